The minimum atomic E-state index is -4.43. The predicted octanol–water partition coefficient (Wildman–Crippen LogP) is 2.26. The van der Waals surface area contributed by atoms with Gasteiger partial charge in [-0.1, -0.05) is 0 Å². The molecule has 0 aromatic heterocycles. The highest BCUT2D eigenvalue weighted by atomic mass is 19.4. The van der Waals surface area contributed by atoms with Crippen molar-refractivity contribution in [3.05, 3.63) is 11.8 Å². The maximum Gasteiger partial charge on any atom is 0.432 e. The number of hydrogen-bond donors (Lipinski definition) is 1. The van der Waals surface area contributed by atoms with Crippen molar-refractivity contribution in [2.75, 3.05) is 0 Å². The summed E-state index contributed by atoms with van der Waals surface area (Å²) in [5.74, 6) is 0. The van der Waals surface area contributed by atoms with Crippen molar-refractivity contribution in [2.45, 2.75) is 33.0 Å². The van der Waals surface area contributed by atoms with Crippen LogP contribution in [0.1, 0.15) is 20.8 Å². The highest BCUT2D eigenvalue weighted by molar-refractivity contribution is 5.99. The fourth-order valence-corrected chi connectivity index (χ4v) is 0.686. The third kappa shape index (κ3) is 5.27. The van der Waals surface area contributed by atoms with E-state index in [4.69, 9.17) is 5.73 Å². The van der Waals surface area contributed by atoms with Crippen LogP contribution in [0.15, 0.2) is 16.8 Å². The molecule has 0 atom stereocenters. The summed E-state index contributed by atoms with van der Waals surface area (Å²) in [5, 5.41) is 0. The van der Waals surface area contributed by atoms with Gasteiger partial charge in [0.15, 0.2) is 0 Å². The van der Waals surface area contributed by atoms with E-state index >= 15 is 0 Å². The summed E-state index contributed by atoms with van der Waals surface area (Å²) < 4.78 is 36.6. The third-order valence-corrected chi connectivity index (χ3v) is 1.05. The number of aliphatic imine (C=N–C) groups is 1. The fraction of sp³-hybridized carbons (Fsp3) is 0.625. The Morgan fingerprint density at radius 2 is 1.85 bits per heavy atom. The van der Waals surface area contributed by atoms with Crippen LogP contribution in [0, 0.1) is 0 Å². The van der Waals surface area contributed by atoms with Crippen LogP contribution >= 0.6 is 0 Å². The Bertz CT molecular complexity index is 222. The minimum absolute atomic E-state index is 0.0942. The predicted molar refractivity (Wildman–Crippen MR) is 46.6 cm³/mol. The van der Waals surface area contributed by atoms with Crippen molar-refractivity contribution in [1.29, 1.82) is 0 Å². The maximum atomic E-state index is 12.2. The van der Waals surface area contributed by atoms with Crippen molar-refractivity contribution < 1.29 is 13.2 Å². The summed E-state index contributed by atoms with van der Waals surface area (Å²) in [4.78, 5) is 3.42. The first-order valence-electron chi connectivity index (χ1n) is 3.82. The molecule has 0 rings (SSSR count). The fourth-order valence-electron chi connectivity index (χ4n) is 0.686. The standard InChI is InChI=1S/C8H13F3N2/c1-5(2)13-7(4-6(3)12)8(9,10)11/h4-5H,12H2,1-3H3/b6-4-,13-7?. The van der Waals surface area contributed by atoms with Gasteiger partial charge >= 0.3 is 6.18 Å². The second kappa shape index (κ2) is 4.30. The van der Waals surface area contributed by atoms with Crippen LogP contribution in [0.4, 0.5) is 13.2 Å². The molecule has 0 unspecified atom stereocenters. The average molecular weight is 194 g/mol. The van der Waals surface area contributed by atoms with E-state index in [-0.39, 0.29) is 5.70 Å². The zero-order chi connectivity index (χ0) is 10.6. The molecule has 2 N–H and O–H groups in total. The van der Waals surface area contributed by atoms with Crippen LogP contribution in [-0.4, -0.2) is 17.9 Å². The van der Waals surface area contributed by atoms with E-state index in [0.29, 0.717) is 0 Å². The van der Waals surface area contributed by atoms with Gasteiger partial charge in [0.25, 0.3) is 0 Å². The molecule has 0 spiro atoms. The van der Waals surface area contributed by atoms with Crippen molar-refractivity contribution in [3.63, 3.8) is 0 Å². The molecule has 0 amide bonds. The van der Waals surface area contributed by atoms with Gasteiger partial charge in [-0.3, -0.25) is 4.99 Å². The SMILES string of the molecule is C/C(N)=C/C(=NC(C)C)C(F)(F)F. The number of nitrogens with two attached hydrogens (primary N) is 1. The lowest BCUT2D eigenvalue weighted by atomic mass is 10.3. The molecular weight excluding hydrogens is 181 g/mol. The quantitative estimate of drug-likeness (QED) is 0.673. The zero-order valence-corrected chi connectivity index (χ0v) is 7.81. The van der Waals surface area contributed by atoms with Crippen LogP contribution in [-0.2, 0) is 0 Å². The molecule has 0 aliphatic rings. The Morgan fingerprint density at radius 3 is 2.08 bits per heavy atom. The maximum absolute atomic E-state index is 12.2. The summed E-state index contributed by atoms with van der Waals surface area (Å²) in [6.45, 7) is 4.54. The van der Waals surface area contributed by atoms with Gasteiger partial charge in [-0.15, -0.1) is 0 Å². The Hall–Kier alpha value is -1.00. The van der Waals surface area contributed by atoms with Gasteiger partial charge in [0, 0.05) is 11.7 Å². The van der Waals surface area contributed by atoms with Crippen molar-refractivity contribution in [1.82, 2.24) is 0 Å². The van der Waals surface area contributed by atoms with Gasteiger partial charge in [-0.25, -0.2) is 0 Å². The Labute approximate surface area is 75.3 Å². The molecule has 0 saturated heterocycles. The van der Waals surface area contributed by atoms with E-state index in [9.17, 15) is 13.2 Å². The Kier molecular flexibility index (Phi) is 3.97. The molecule has 2 nitrogen and oxygen atoms in total. The monoisotopic (exact) mass is 194 g/mol. The second-order valence-corrected chi connectivity index (χ2v) is 2.99. The molecule has 0 saturated carbocycles. The van der Waals surface area contributed by atoms with Crippen molar-refractivity contribution >= 4 is 5.71 Å². The lowest BCUT2D eigenvalue weighted by Crippen LogP contribution is -2.23. The molecule has 0 aromatic carbocycles. The number of allylic oxidation sites excluding steroid dienone is 2. The molecule has 0 bridgehead atoms. The van der Waals surface area contributed by atoms with Crippen molar-refractivity contribution in [2.24, 2.45) is 10.7 Å². The number of rotatable bonds is 2. The van der Waals surface area contributed by atoms with Gasteiger partial charge in [0.2, 0.25) is 0 Å². The van der Waals surface area contributed by atoms with E-state index < -0.39 is 17.9 Å². The molecule has 0 fully saturated rings. The van der Waals surface area contributed by atoms with E-state index in [1.807, 2.05) is 0 Å². The normalized spacial score (nSPS) is 15.3. The van der Waals surface area contributed by atoms with Gasteiger partial charge < -0.3 is 5.73 Å². The largest absolute Gasteiger partial charge is 0.432 e. The Morgan fingerprint density at radius 1 is 1.38 bits per heavy atom. The van der Waals surface area contributed by atoms with E-state index in [1.165, 1.54) is 6.92 Å². The van der Waals surface area contributed by atoms with Crippen LogP contribution in [0.5, 0.6) is 0 Å². The van der Waals surface area contributed by atoms with Crippen LogP contribution in [0.2, 0.25) is 0 Å². The Balaban J connectivity index is 4.89. The van der Waals surface area contributed by atoms with Gasteiger partial charge in [0.1, 0.15) is 5.71 Å². The molecule has 0 aliphatic carbocycles. The first-order chi connectivity index (χ1) is 5.73. The van der Waals surface area contributed by atoms with Crippen LogP contribution < -0.4 is 5.73 Å². The number of alkyl halides is 3. The van der Waals surface area contributed by atoms with Gasteiger partial charge in [0.05, 0.1) is 0 Å². The lowest BCUT2D eigenvalue weighted by Gasteiger charge is -2.08. The van der Waals surface area contributed by atoms with E-state index in [1.54, 1.807) is 13.8 Å². The molecule has 76 valence electrons. The first kappa shape index (κ1) is 12.0. The highest BCUT2D eigenvalue weighted by Crippen LogP contribution is 2.19. The number of nitrogens with zero attached hydrogens (tertiary/aromatic N) is 1. The summed E-state index contributed by atoms with van der Waals surface area (Å²) in [6, 6.07) is -0.396. The number of hydrogen-bond acceptors (Lipinski definition) is 2. The first-order valence-corrected chi connectivity index (χ1v) is 3.82. The lowest BCUT2D eigenvalue weighted by molar-refractivity contribution is -0.0580. The molecule has 0 radical (unpaired) electrons. The topological polar surface area (TPSA) is 38.4 Å². The van der Waals surface area contributed by atoms with E-state index in [0.717, 1.165) is 6.08 Å². The second-order valence-electron chi connectivity index (χ2n) is 2.99. The summed E-state index contributed by atoms with van der Waals surface area (Å²) in [6.07, 6.45) is -3.59. The molecular formula is C8H13F3N2. The molecule has 0 aliphatic heterocycles. The van der Waals surface area contributed by atoms with Gasteiger partial charge in [-0.2, -0.15) is 13.2 Å². The molecule has 13 heavy (non-hydrogen) atoms. The summed E-state index contributed by atoms with van der Waals surface area (Å²) in [7, 11) is 0. The van der Waals surface area contributed by atoms with Crippen LogP contribution in [0.3, 0.4) is 0 Å². The minimum Gasteiger partial charge on any atom is -0.402 e. The smallest absolute Gasteiger partial charge is 0.402 e. The highest BCUT2D eigenvalue weighted by Gasteiger charge is 2.34. The molecule has 0 heterocycles. The zero-order valence-electron chi connectivity index (χ0n) is 7.81. The summed E-state index contributed by atoms with van der Waals surface area (Å²) >= 11 is 0. The van der Waals surface area contributed by atoms with Crippen molar-refractivity contribution in [3.8, 4) is 0 Å². The van der Waals surface area contributed by atoms with E-state index in [2.05, 4.69) is 4.99 Å². The number of halogens is 3. The average Bonchev–Trinajstić information content (AvgIpc) is 1.81. The van der Waals surface area contributed by atoms with Gasteiger partial charge in [-0.05, 0) is 26.8 Å². The molecule has 5 heteroatoms. The third-order valence-electron chi connectivity index (χ3n) is 1.05. The summed E-state index contributed by atoms with van der Waals surface area (Å²) in [5.41, 5.74) is 4.31. The van der Waals surface area contributed by atoms with Crippen LogP contribution in [0.25, 0.3) is 0 Å². The molecule has 0 aromatic rings.